The third-order valence-electron chi connectivity index (χ3n) is 3.33. The van der Waals surface area contributed by atoms with Crippen molar-refractivity contribution in [2.24, 2.45) is 5.92 Å². The zero-order chi connectivity index (χ0) is 14.7. The summed E-state index contributed by atoms with van der Waals surface area (Å²) < 4.78 is 5.75. The number of amides is 1. The number of halogens is 1. The molecular weight excluding hydrogens is 282 g/mol. The number of rotatable bonds is 4. The molecule has 20 heavy (non-hydrogen) atoms. The minimum absolute atomic E-state index is 0.153. The van der Waals surface area contributed by atoms with Crippen molar-refractivity contribution in [3.63, 3.8) is 0 Å². The number of hydrogen-bond acceptors (Lipinski definition) is 3. The van der Waals surface area contributed by atoms with Crippen LogP contribution in [0.15, 0.2) is 24.3 Å². The van der Waals surface area contributed by atoms with E-state index in [4.69, 9.17) is 21.4 Å². The number of carbonyl (C=O) groups is 2. The third kappa shape index (κ3) is 3.22. The summed E-state index contributed by atoms with van der Waals surface area (Å²) in [5.41, 5.74) is 0. The monoisotopic (exact) mass is 297 g/mol. The smallest absolute Gasteiger partial charge is 0.315 e. The van der Waals surface area contributed by atoms with Crippen LogP contribution in [-0.4, -0.2) is 41.1 Å². The van der Waals surface area contributed by atoms with Crippen molar-refractivity contribution in [2.45, 2.75) is 19.4 Å². The molecule has 0 spiro atoms. The molecular formula is C14H16ClNO4. The number of aliphatic carboxylic acids is 1. The van der Waals surface area contributed by atoms with E-state index in [0.29, 0.717) is 30.3 Å². The molecule has 1 aliphatic rings. The van der Waals surface area contributed by atoms with E-state index in [1.54, 1.807) is 12.1 Å². The second-order valence-corrected chi connectivity index (χ2v) is 5.21. The molecule has 0 saturated carbocycles. The fourth-order valence-corrected chi connectivity index (χ4v) is 2.30. The second-order valence-electron chi connectivity index (χ2n) is 4.80. The van der Waals surface area contributed by atoms with Crippen LogP contribution >= 0.6 is 11.6 Å². The Morgan fingerprint density at radius 1 is 1.45 bits per heavy atom. The van der Waals surface area contributed by atoms with Gasteiger partial charge in [0.1, 0.15) is 17.8 Å². The second kappa shape index (κ2) is 6.13. The molecule has 2 rings (SSSR count). The van der Waals surface area contributed by atoms with E-state index in [0.717, 1.165) is 0 Å². The van der Waals surface area contributed by atoms with E-state index in [1.165, 1.54) is 11.8 Å². The van der Waals surface area contributed by atoms with Crippen molar-refractivity contribution in [3.8, 4) is 5.75 Å². The van der Waals surface area contributed by atoms with Crippen LogP contribution in [0.1, 0.15) is 13.3 Å². The van der Waals surface area contributed by atoms with Crippen molar-refractivity contribution in [1.82, 2.24) is 4.90 Å². The van der Waals surface area contributed by atoms with Gasteiger partial charge in [0.05, 0.1) is 11.6 Å². The largest absolute Gasteiger partial charge is 0.487 e. The molecule has 0 radical (unpaired) electrons. The molecule has 1 aliphatic heterocycles. The number of para-hydroxylation sites is 1. The zero-order valence-electron chi connectivity index (χ0n) is 11.1. The molecule has 0 aromatic heterocycles. The first kappa shape index (κ1) is 14.7. The summed E-state index contributed by atoms with van der Waals surface area (Å²) in [6.07, 6.45) is 0.517. The first-order valence-corrected chi connectivity index (χ1v) is 6.79. The summed E-state index contributed by atoms with van der Waals surface area (Å²) in [5, 5.41) is 9.38. The minimum Gasteiger partial charge on any atom is -0.487 e. The van der Waals surface area contributed by atoms with E-state index in [1.807, 2.05) is 12.1 Å². The van der Waals surface area contributed by atoms with Crippen LogP contribution in [0.5, 0.6) is 5.75 Å². The van der Waals surface area contributed by atoms with Crippen LogP contribution in [0.3, 0.4) is 0 Å². The van der Waals surface area contributed by atoms with Gasteiger partial charge in [0, 0.05) is 13.0 Å². The predicted octanol–water partition coefficient (Wildman–Crippen LogP) is 2.04. The molecule has 2 unspecified atom stereocenters. The van der Waals surface area contributed by atoms with Crippen molar-refractivity contribution in [1.29, 1.82) is 0 Å². The molecule has 5 nitrogen and oxygen atoms in total. The number of carbonyl (C=O) groups excluding carboxylic acids is 1. The normalized spacial score (nSPS) is 19.7. The van der Waals surface area contributed by atoms with Crippen molar-refractivity contribution < 1.29 is 19.4 Å². The molecule has 1 saturated heterocycles. The first-order chi connectivity index (χ1) is 9.49. The molecule has 1 heterocycles. The van der Waals surface area contributed by atoms with Gasteiger partial charge in [-0.3, -0.25) is 9.59 Å². The lowest BCUT2D eigenvalue weighted by Crippen LogP contribution is -2.37. The van der Waals surface area contributed by atoms with Crippen LogP contribution in [0.25, 0.3) is 0 Å². The summed E-state index contributed by atoms with van der Waals surface area (Å²) >= 11 is 6.01. The maximum Gasteiger partial charge on any atom is 0.315 e. The van der Waals surface area contributed by atoms with Gasteiger partial charge in [-0.05, 0) is 19.1 Å². The highest BCUT2D eigenvalue weighted by molar-refractivity contribution is 6.32. The Morgan fingerprint density at radius 2 is 2.15 bits per heavy atom. The maximum absolute atomic E-state index is 11.9. The molecule has 1 amide bonds. The zero-order valence-corrected chi connectivity index (χ0v) is 11.8. The van der Waals surface area contributed by atoms with Gasteiger partial charge in [-0.15, -0.1) is 0 Å². The van der Waals surface area contributed by atoms with Gasteiger partial charge < -0.3 is 14.7 Å². The maximum atomic E-state index is 11.9. The van der Waals surface area contributed by atoms with Gasteiger partial charge in [-0.1, -0.05) is 23.7 Å². The van der Waals surface area contributed by atoms with Crippen molar-refractivity contribution in [2.75, 3.05) is 13.1 Å². The van der Waals surface area contributed by atoms with Gasteiger partial charge in [-0.2, -0.15) is 0 Å². The highest BCUT2D eigenvalue weighted by Gasteiger charge is 2.32. The summed E-state index contributed by atoms with van der Waals surface area (Å²) in [6.45, 7) is 2.29. The van der Waals surface area contributed by atoms with Crippen LogP contribution in [0, 0.1) is 5.92 Å². The lowest BCUT2D eigenvalue weighted by atomic mass is 10.1. The lowest BCUT2D eigenvalue weighted by Gasteiger charge is -2.19. The van der Waals surface area contributed by atoms with E-state index in [-0.39, 0.29) is 12.0 Å². The quantitative estimate of drug-likeness (QED) is 0.864. The van der Waals surface area contributed by atoms with Crippen molar-refractivity contribution >= 4 is 23.5 Å². The Bertz CT molecular complexity index is 520. The van der Waals surface area contributed by atoms with Gasteiger partial charge in [0.15, 0.2) is 0 Å². The Balaban J connectivity index is 1.94. The number of carboxylic acid groups (broad SMARTS) is 1. The van der Waals surface area contributed by atoms with Gasteiger partial charge in [0.2, 0.25) is 5.91 Å². The Hall–Kier alpha value is -1.75. The molecule has 1 N–H and O–H groups in total. The molecule has 2 atom stereocenters. The van der Waals surface area contributed by atoms with Gasteiger partial charge >= 0.3 is 5.97 Å². The Labute approximate surface area is 122 Å². The average molecular weight is 298 g/mol. The number of hydrogen-bond donors (Lipinski definition) is 1. The highest BCUT2D eigenvalue weighted by atomic mass is 35.5. The molecule has 1 fully saturated rings. The third-order valence-corrected chi connectivity index (χ3v) is 3.64. The molecule has 1 aromatic carbocycles. The number of likely N-dealkylation sites (tertiary alicyclic amines) is 1. The summed E-state index contributed by atoms with van der Waals surface area (Å²) in [5.74, 6) is -1.91. The fraction of sp³-hybridized carbons (Fsp3) is 0.429. The highest BCUT2D eigenvalue weighted by Crippen LogP contribution is 2.26. The van der Waals surface area contributed by atoms with Crippen LogP contribution in [0.4, 0.5) is 0 Å². The SMILES string of the molecule is CC(C(=O)O)C(=O)N1CCC(Oc2ccccc2Cl)C1. The van der Waals surface area contributed by atoms with Crippen molar-refractivity contribution in [3.05, 3.63) is 29.3 Å². The topological polar surface area (TPSA) is 66.8 Å². The van der Waals surface area contributed by atoms with Crippen LogP contribution in [0.2, 0.25) is 5.02 Å². The average Bonchev–Trinajstić information content (AvgIpc) is 2.88. The van der Waals surface area contributed by atoms with E-state index < -0.39 is 11.9 Å². The summed E-state index contributed by atoms with van der Waals surface area (Å²) in [4.78, 5) is 24.3. The molecule has 1 aromatic rings. The van der Waals surface area contributed by atoms with E-state index in [9.17, 15) is 9.59 Å². The summed E-state index contributed by atoms with van der Waals surface area (Å²) in [6, 6.07) is 7.15. The predicted molar refractivity (Wildman–Crippen MR) is 73.9 cm³/mol. The molecule has 0 bridgehead atoms. The van der Waals surface area contributed by atoms with Gasteiger partial charge in [0.25, 0.3) is 0 Å². The fourth-order valence-electron chi connectivity index (χ4n) is 2.12. The summed E-state index contributed by atoms with van der Waals surface area (Å²) in [7, 11) is 0. The molecule has 6 heteroatoms. The van der Waals surface area contributed by atoms with E-state index >= 15 is 0 Å². The number of carboxylic acids is 1. The first-order valence-electron chi connectivity index (χ1n) is 6.42. The molecule has 0 aliphatic carbocycles. The number of benzene rings is 1. The van der Waals surface area contributed by atoms with Gasteiger partial charge in [-0.25, -0.2) is 0 Å². The standard InChI is InChI=1S/C14H16ClNO4/c1-9(14(18)19)13(17)16-7-6-10(8-16)20-12-5-3-2-4-11(12)15/h2-5,9-10H,6-8H2,1H3,(H,18,19). The molecule has 108 valence electrons. The Morgan fingerprint density at radius 3 is 2.80 bits per heavy atom. The minimum atomic E-state index is -1.11. The lowest BCUT2D eigenvalue weighted by molar-refractivity contribution is -0.149. The van der Waals surface area contributed by atoms with Crippen LogP contribution in [-0.2, 0) is 9.59 Å². The van der Waals surface area contributed by atoms with Crippen LogP contribution < -0.4 is 4.74 Å². The Kier molecular flexibility index (Phi) is 4.49. The number of nitrogens with zero attached hydrogens (tertiary/aromatic N) is 1. The number of ether oxygens (including phenoxy) is 1. The van der Waals surface area contributed by atoms with E-state index in [2.05, 4.69) is 0 Å².